The van der Waals surface area contributed by atoms with Crippen molar-refractivity contribution in [2.45, 2.75) is 64.8 Å². The summed E-state index contributed by atoms with van der Waals surface area (Å²) >= 11 is 0. The van der Waals surface area contributed by atoms with Crippen LogP contribution in [-0.2, 0) is 24.1 Å². The SMILES string of the molecule is Cc1nc(CCc2ccc(CCC3CCC3)nc2)nc2c1NC(=O)C(C)N2C. The van der Waals surface area contributed by atoms with Gasteiger partial charge in [0.25, 0.3) is 0 Å². The minimum Gasteiger partial charge on any atom is -0.346 e. The quantitative estimate of drug-likeness (QED) is 0.832. The number of amides is 1. The zero-order valence-electron chi connectivity index (χ0n) is 17.0. The monoisotopic (exact) mass is 379 g/mol. The van der Waals surface area contributed by atoms with Gasteiger partial charge in [-0.2, -0.15) is 0 Å². The maximum atomic E-state index is 12.0. The maximum absolute atomic E-state index is 12.0. The number of nitrogens with zero attached hydrogens (tertiary/aromatic N) is 4. The number of fused-ring (bicyclic) bond motifs is 1. The van der Waals surface area contributed by atoms with E-state index in [9.17, 15) is 4.79 Å². The van der Waals surface area contributed by atoms with E-state index in [0.29, 0.717) is 0 Å². The highest BCUT2D eigenvalue weighted by Gasteiger charge is 2.30. The van der Waals surface area contributed by atoms with E-state index in [4.69, 9.17) is 4.98 Å². The number of rotatable bonds is 6. The summed E-state index contributed by atoms with van der Waals surface area (Å²) in [6, 6.07) is 4.12. The van der Waals surface area contributed by atoms with Crippen molar-refractivity contribution >= 4 is 17.4 Å². The fraction of sp³-hybridized carbons (Fsp3) is 0.545. The number of aromatic nitrogens is 3. The van der Waals surface area contributed by atoms with Crippen LogP contribution in [0.4, 0.5) is 11.5 Å². The normalized spacial score (nSPS) is 19.2. The Morgan fingerprint density at radius 2 is 2.00 bits per heavy atom. The second kappa shape index (κ2) is 7.86. The van der Waals surface area contributed by atoms with E-state index in [1.54, 1.807) is 0 Å². The Balaban J connectivity index is 1.39. The lowest BCUT2D eigenvalue weighted by atomic mass is 9.82. The highest BCUT2D eigenvalue weighted by Crippen LogP contribution is 2.31. The molecule has 2 aromatic heterocycles. The first kappa shape index (κ1) is 18.8. The number of hydrogen-bond acceptors (Lipinski definition) is 5. The van der Waals surface area contributed by atoms with Crippen molar-refractivity contribution in [2.24, 2.45) is 5.92 Å². The molecule has 1 atom stereocenters. The molecule has 0 radical (unpaired) electrons. The molecule has 4 rings (SSSR count). The van der Waals surface area contributed by atoms with Crippen LogP contribution in [0.1, 0.15) is 55.4 Å². The van der Waals surface area contributed by atoms with Crippen LogP contribution in [0.25, 0.3) is 0 Å². The molecule has 1 aliphatic carbocycles. The molecular formula is C22H29N5O. The first-order valence-corrected chi connectivity index (χ1v) is 10.4. The van der Waals surface area contributed by atoms with Gasteiger partial charge in [0, 0.05) is 25.4 Å². The number of anilines is 2. The predicted molar refractivity (Wildman–Crippen MR) is 111 cm³/mol. The summed E-state index contributed by atoms with van der Waals surface area (Å²) in [4.78, 5) is 27.9. The molecule has 0 saturated heterocycles. The Morgan fingerprint density at radius 3 is 2.68 bits per heavy atom. The number of pyridine rings is 1. The molecule has 0 bridgehead atoms. The molecule has 1 N–H and O–H groups in total. The molecule has 28 heavy (non-hydrogen) atoms. The van der Waals surface area contributed by atoms with Crippen LogP contribution < -0.4 is 10.2 Å². The average Bonchev–Trinajstić information content (AvgIpc) is 2.65. The molecular weight excluding hydrogens is 350 g/mol. The third-order valence-electron chi connectivity index (χ3n) is 6.22. The summed E-state index contributed by atoms with van der Waals surface area (Å²) in [5.74, 6) is 2.52. The van der Waals surface area contributed by atoms with Crippen molar-refractivity contribution < 1.29 is 4.79 Å². The standard InChI is InChI=1S/C22H29N5O/c1-14-20-21(27(3)15(2)22(28)26-20)25-19(24-14)12-9-17-8-11-18(23-13-17)10-7-16-5-4-6-16/h8,11,13,15-16H,4-7,9-10,12H2,1-3H3,(H,26,28). The molecule has 148 valence electrons. The highest BCUT2D eigenvalue weighted by molar-refractivity contribution is 6.02. The molecule has 0 spiro atoms. The van der Waals surface area contributed by atoms with Crippen LogP contribution in [-0.4, -0.2) is 33.9 Å². The Bertz CT molecular complexity index is 860. The molecule has 6 heteroatoms. The van der Waals surface area contributed by atoms with Crippen LogP contribution >= 0.6 is 0 Å². The molecule has 2 aromatic rings. The number of carbonyl (C=O) groups excluding carboxylic acids is 1. The van der Waals surface area contributed by atoms with Crippen molar-refractivity contribution in [2.75, 3.05) is 17.3 Å². The smallest absolute Gasteiger partial charge is 0.246 e. The molecule has 1 amide bonds. The van der Waals surface area contributed by atoms with Crippen molar-refractivity contribution in [3.05, 3.63) is 41.1 Å². The Hall–Kier alpha value is -2.50. The lowest BCUT2D eigenvalue weighted by Crippen LogP contribution is -2.45. The van der Waals surface area contributed by atoms with Crippen molar-refractivity contribution in [1.29, 1.82) is 0 Å². The third kappa shape index (κ3) is 3.86. The van der Waals surface area contributed by atoms with E-state index < -0.39 is 0 Å². The predicted octanol–water partition coefficient (Wildman–Crippen LogP) is 3.47. The minimum absolute atomic E-state index is 0.0158. The molecule has 1 aliphatic heterocycles. The highest BCUT2D eigenvalue weighted by atomic mass is 16.2. The Kier molecular flexibility index (Phi) is 5.29. The van der Waals surface area contributed by atoms with Gasteiger partial charge in [0.1, 0.15) is 17.6 Å². The fourth-order valence-corrected chi connectivity index (χ4v) is 3.86. The van der Waals surface area contributed by atoms with E-state index >= 15 is 0 Å². The molecule has 0 aromatic carbocycles. The van der Waals surface area contributed by atoms with Crippen molar-refractivity contribution in [1.82, 2.24) is 15.0 Å². The second-order valence-electron chi connectivity index (χ2n) is 8.19. The summed E-state index contributed by atoms with van der Waals surface area (Å²) < 4.78 is 0. The lowest BCUT2D eigenvalue weighted by molar-refractivity contribution is -0.117. The maximum Gasteiger partial charge on any atom is 0.246 e. The molecule has 3 heterocycles. The number of nitrogens with one attached hydrogen (secondary N) is 1. The number of likely N-dealkylation sites (N-methyl/N-ethyl adjacent to an activating group) is 1. The number of carbonyl (C=O) groups is 1. The molecule has 6 nitrogen and oxygen atoms in total. The van der Waals surface area contributed by atoms with Gasteiger partial charge in [-0.15, -0.1) is 0 Å². The van der Waals surface area contributed by atoms with Crippen molar-refractivity contribution in [3.63, 3.8) is 0 Å². The topological polar surface area (TPSA) is 71.0 Å². The first-order chi connectivity index (χ1) is 13.5. The lowest BCUT2D eigenvalue weighted by Gasteiger charge is -2.32. The van der Waals surface area contributed by atoms with Gasteiger partial charge in [0.05, 0.1) is 5.69 Å². The minimum atomic E-state index is -0.230. The van der Waals surface area contributed by atoms with Crippen LogP contribution in [0.3, 0.4) is 0 Å². The second-order valence-corrected chi connectivity index (χ2v) is 8.19. The zero-order valence-corrected chi connectivity index (χ0v) is 17.0. The van der Waals surface area contributed by atoms with Gasteiger partial charge in [-0.05, 0) is 50.7 Å². The largest absolute Gasteiger partial charge is 0.346 e. The molecule has 1 fully saturated rings. The first-order valence-electron chi connectivity index (χ1n) is 10.4. The summed E-state index contributed by atoms with van der Waals surface area (Å²) in [5, 5.41) is 2.93. The van der Waals surface area contributed by atoms with Gasteiger partial charge in [-0.1, -0.05) is 25.3 Å². The molecule has 2 aliphatic rings. The summed E-state index contributed by atoms with van der Waals surface area (Å²) in [5.41, 5.74) is 3.95. The number of aryl methyl sites for hydroxylation is 4. The Morgan fingerprint density at radius 1 is 1.18 bits per heavy atom. The van der Waals surface area contributed by atoms with Gasteiger partial charge < -0.3 is 10.2 Å². The average molecular weight is 380 g/mol. The van der Waals surface area contributed by atoms with Crippen molar-refractivity contribution in [3.8, 4) is 0 Å². The number of hydrogen-bond donors (Lipinski definition) is 1. The van der Waals surface area contributed by atoms with Gasteiger partial charge in [-0.3, -0.25) is 9.78 Å². The van der Waals surface area contributed by atoms with Crippen LogP contribution in [0.2, 0.25) is 0 Å². The van der Waals surface area contributed by atoms with E-state index in [1.807, 2.05) is 32.0 Å². The van der Waals surface area contributed by atoms with E-state index in [-0.39, 0.29) is 11.9 Å². The summed E-state index contributed by atoms with van der Waals surface area (Å²) in [7, 11) is 1.91. The molecule has 1 saturated carbocycles. The van der Waals surface area contributed by atoms with Gasteiger partial charge in [0.15, 0.2) is 5.82 Å². The summed E-state index contributed by atoms with van der Waals surface area (Å²) in [6.45, 7) is 3.81. The van der Waals surface area contributed by atoms with Crippen LogP contribution in [0.15, 0.2) is 18.3 Å². The van der Waals surface area contributed by atoms with Gasteiger partial charge >= 0.3 is 0 Å². The van der Waals surface area contributed by atoms with E-state index in [0.717, 1.165) is 48.2 Å². The van der Waals surface area contributed by atoms with Crippen LogP contribution in [0.5, 0.6) is 0 Å². The Labute approximate surface area is 166 Å². The zero-order chi connectivity index (χ0) is 19.7. The summed E-state index contributed by atoms with van der Waals surface area (Å²) in [6.07, 6.45) is 10.2. The van der Waals surface area contributed by atoms with Gasteiger partial charge in [-0.25, -0.2) is 9.97 Å². The van der Waals surface area contributed by atoms with E-state index in [1.165, 1.54) is 36.9 Å². The molecule has 1 unspecified atom stereocenters. The van der Waals surface area contributed by atoms with Crippen LogP contribution in [0, 0.1) is 12.8 Å². The fourth-order valence-electron chi connectivity index (χ4n) is 3.86. The third-order valence-corrected chi connectivity index (χ3v) is 6.22. The van der Waals surface area contributed by atoms with E-state index in [2.05, 4.69) is 27.4 Å². The van der Waals surface area contributed by atoms with Gasteiger partial charge in [0.2, 0.25) is 5.91 Å².